The normalized spacial score (nSPS) is 11.2. The van der Waals surface area contributed by atoms with Crippen molar-refractivity contribution in [2.24, 2.45) is 11.8 Å². The van der Waals surface area contributed by atoms with Crippen LogP contribution in [0.2, 0.25) is 0 Å². The average Bonchev–Trinajstić information content (AvgIpc) is 2.57. The van der Waals surface area contributed by atoms with Gasteiger partial charge in [0.25, 0.3) is 0 Å². The van der Waals surface area contributed by atoms with E-state index in [9.17, 15) is 14.4 Å². The predicted octanol–water partition coefficient (Wildman–Crippen LogP) is 1.89. The van der Waals surface area contributed by atoms with E-state index in [1.807, 2.05) is 27.7 Å². The SMILES string of the molecule is CNC(=O)N(C)C(COCCC(=O)C(C)C)COCCC(=O)C(C)C. The van der Waals surface area contributed by atoms with E-state index in [1.54, 1.807) is 14.1 Å². The molecule has 0 aromatic carbocycles. The number of carbonyl (C=O) groups excluding carboxylic acids is 3. The maximum absolute atomic E-state index is 11.8. The van der Waals surface area contributed by atoms with Crippen LogP contribution in [-0.2, 0) is 19.1 Å². The maximum Gasteiger partial charge on any atom is 0.317 e. The van der Waals surface area contributed by atoms with Crippen molar-refractivity contribution < 1.29 is 23.9 Å². The second kappa shape index (κ2) is 12.8. The number of ether oxygens (including phenoxy) is 2. The first kappa shape index (κ1) is 23.5. The van der Waals surface area contributed by atoms with Crippen molar-refractivity contribution in [3.63, 3.8) is 0 Å². The molecule has 0 saturated carbocycles. The number of likely N-dealkylation sites (N-methyl/N-ethyl adjacent to an activating group) is 1. The minimum absolute atomic E-state index is 0.00485. The van der Waals surface area contributed by atoms with Crippen molar-refractivity contribution in [3.05, 3.63) is 0 Å². The van der Waals surface area contributed by atoms with Gasteiger partial charge in [-0.2, -0.15) is 0 Å². The van der Waals surface area contributed by atoms with Gasteiger partial charge in [-0.1, -0.05) is 27.7 Å². The number of carbonyl (C=O) groups is 3. The molecule has 0 bridgehead atoms. The molecular weight excluding hydrogens is 324 g/mol. The maximum atomic E-state index is 11.8. The lowest BCUT2D eigenvalue weighted by molar-refractivity contribution is -0.123. The summed E-state index contributed by atoms with van der Waals surface area (Å²) in [6.07, 6.45) is 0.718. The first-order valence-electron chi connectivity index (χ1n) is 8.86. The zero-order valence-electron chi connectivity index (χ0n) is 16.5. The zero-order valence-corrected chi connectivity index (χ0v) is 16.5. The quantitative estimate of drug-likeness (QED) is 0.508. The van der Waals surface area contributed by atoms with Gasteiger partial charge in [0.05, 0.1) is 32.5 Å². The number of nitrogens with one attached hydrogen (secondary N) is 1. The third-order valence-electron chi connectivity index (χ3n) is 3.98. The van der Waals surface area contributed by atoms with Crippen LogP contribution in [0.1, 0.15) is 40.5 Å². The molecule has 25 heavy (non-hydrogen) atoms. The number of Topliss-reactive ketones (excluding diaryl/α,β-unsaturated/α-hetero) is 2. The molecule has 1 N–H and O–H groups in total. The molecule has 0 fully saturated rings. The van der Waals surface area contributed by atoms with E-state index in [0.717, 1.165) is 0 Å². The van der Waals surface area contributed by atoms with Crippen LogP contribution in [-0.4, -0.2) is 69.1 Å². The number of hydrogen-bond acceptors (Lipinski definition) is 5. The van der Waals surface area contributed by atoms with E-state index in [4.69, 9.17) is 9.47 Å². The van der Waals surface area contributed by atoms with Gasteiger partial charge in [-0.3, -0.25) is 9.59 Å². The number of amides is 2. The summed E-state index contributed by atoms with van der Waals surface area (Å²) in [4.78, 5) is 36.5. The Hall–Kier alpha value is -1.47. The molecule has 2 amide bonds. The standard InChI is InChI=1S/C18H34N2O5/c1-13(2)16(21)7-9-24-11-15(20(6)18(23)19-5)12-25-10-8-17(22)14(3)4/h13-15H,7-12H2,1-6H3,(H,19,23). The lowest BCUT2D eigenvalue weighted by Crippen LogP contribution is -2.47. The molecule has 0 aliphatic rings. The van der Waals surface area contributed by atoms with Gasteiger partial charge in [-0.25, -0.2) is 4.79 Å². The molecule has 7 nitrogen and oxygen atoms in total. The molecule has 7 heteroatoms. The van der Waals surface area contributed by atoms with Crippen molar-refractivity contribution in [1.29, 1.82) is 0 Å². The predicted molar refractivity (Wildman–Crippen MR) is 96.6 cm³/mol. The molecular formula is C18H34N2O5. The molecule has 0 atom stereocenters. The first-order chi connectivity index (χ1) is 11.7. The molecule has 0 spiro atoms. The molecule has 0 heterocycles. The Morgan fingerprint density at radius 1 is 0.880 bits per heavy atom. The van der Waals surface area contributed by atoms with Crippen LogP contribution in [0.5, 0.6) is 0 Å². The monoisotopic (exact) mass is 358 g/mol. The largest absolute Gasteiger partial charge is 0.379 e. The van der Waals surface area contributed by atoms with E-state index in [0.29, 0.717) is 26.1 Å². The van der Waals surface area contributed by atoms with Crippen molar-refractivity contribution >= 4 is 17.6 Å². The fraction of sp³-hybridized carbons (Fsp3) is 0.833. The lowest BCUT2D eigenvalue weighted by Gasteiger charge is -2.27. The van der Waals surface area contributed by atoms with E-state index in [1.165, 1.54) is 4.90 Å². The third-order valence-corrected chi connectivity index (χ3v) is 3.98. The summed E-state index contributed by atoms with van der Waals surface area (Å²) in [6.45, 7) is 8.61. The summed E-state index contributed by atoms with van der Waals surface area (Å²) >= 11 is 0. The van der Waals surface area contributed by atoms with Crippen molar-refractivity contribution in [2.45, 2.75) is 46.6 Å². The number of urea groups is 1. The lowest BCUT2D eigenvalue weighted by atomic mass is 10.1. The highest BCUT2D eigenvalue weighted by atomic mass is 16.5. The Balaban J connectivity index is 4.35. The summed E-state index contributed by atoms with van der Waals surface area (Å²) in [5.74, 6) is 0.295. The van der Waals surface area contributed by atoms with Gasteiger partial charge in [0, 0.05) is 38.8 Å². The summed E-state index contributed by atoms with van der Waals surface area (Å²) in [7, 11) is 3.22. The highest BCUT2D eigenvalue weighted by Gasteiger charge is 2.20. The Morgan fingerprint density at radius 3 is 1.60 bits per heavy atom. The molecule has 0 aromatic heterocycles. The third kappa shape index (κ3) is 10.2. The van der Waals surface area contributed by atoms with Gasteiger partial charge in [-0.05, 0) is 0 Å². The number of rotatable bonds is 13. The number of hydrogen-bond donors (Lipinski definition) is 1. The Bertz CT molecular complexity index is 396. The topological polar surface area (TPSA) is 84.9 Å². The van der Waals surface area contributed by atoms with E-state index in [-0.39, 0.29) is 48.7 Å². The fourth-order valence-corrected chi connectivity index (χ4v) is 1.98. The van der Waals surface area contributed by atoms with E-state index >= 15 is 0 Å². The average molecular weight is 358 g/mol. The van der Waals surface area contributed by atoms with Crippen LogP contribution in [0.15, 0.2) is 0 Å². The van der Waals surface area contributed by atoms with Crippen LogP contribution < -0.4 is 5.32 Å². The van der Waals surface area contributed by atoms with Crippen LogP contribution in [0.25, 0.3) is 0 Å². The Labute approximate surface area is 151 Å². The minimum Gasteiger partial charge on any atom is -0.379 e. The summed E-state index contributed by atoms with van der Waals surface area (Å²) in [6, 6.07) is -0.531. The first-order valence-corrected chi connectivity index (χ1v) is 8.86. The van der Waals surface area contributed by atoms with E-state index < -0.39 is 0 Å². The smallest absolute Gasteiger partial charge is 0.317 e. The van der Waals surface area contributed by atoms with Crippen LogP contribution in [0.4, 0.5) is 4.79 Å². The molecule has 0 aromatic rings. The molecule has 0 saturated heterocycles. The van der Waals surface area contributed by atoms with Crippen molar-refractivity contribution in [1.82, 2.24) is 10.2 Å². The Morgan fingerprint density at radius 2 is 1.28 bits per heavy atom. The summed E-state index contributed by atoms with van der Waals surface area (Å²) in [5.41, 5.74) is 0. The highest BCUT2D eigenvalue weighted by molar-refractivity contribution is 5.80. The van der Waals surface area contributed by atoms with Gasteiger partial charge in [0.2, 0.25) is 0 Å². The minimum atomic E-state index is -0.289. The molecule has 0 rings (SSSR count). The van der Waals surface area contributed by atoms with E-state index in [2.05, 4.69) is 5.32 Å². The van der Waals surface area contributed by atoms with Crippen LogP contribution in [0.3, 0.4) is 0 Å². The van der Waals surface area contributed by atoms with Crippen molar-refractivity contribution in [3.8, 4) is 0 Å². The van der Waals surface area contributed by atoms with Crippen LogP contribution in [0, 0.1) is 11.8 Å². The Kier molecular flexibility index (Phi) is 12.1. The second-order valence-corrected chi connectivity index (χ2v) is 6.71. The zero-order chi connectivity index (χ0) is 19.4. The van der Waals surface area contributed by atoms with Gasteiger partial charge in [0.15, 0.2) is 0 Å². The molecule has 0 radical (unpaired) electrons. The second-order valence-electron chi connectivity index (χ2n) is 6.71. The molecule has 0 aliphatic heterocycles. The molecule has 146 valence electrons. The number of nitrogens with zero attached hydrogens (tertiary/aromatic N) is 1. The van der Waals surface area contributed by atoms with Crippen LogP contribution >= 0.6 is 0 Å². The number of ketones is 2. The summed E-state index contributed by atoms with van der Waals surface area (Å²) < 4.78 is 11.1. The van der Waals surface area contributed by atoms with Gasteiger partial charge >= 0.3 is 6.03 Å². The summed E-state index contributed by atoms with van der Waals surface area (Å²) in [5, 5.41) is 2.56. The molecule has 0 unspecified atom stereocenters. The fourth-order valence-electron chi connectivity index (χ4n) is 1.98. The van der Waals surface area contributed by atoms with Crippen molar-refractivity contribution in [2.75, 3.05) is 40.5 Å². The van der Waals surface area contributed by atoms with Gasteiger partial charge in [-0.15, -0.1) is 0 Å². The molecule has 0 aliphatic carbocycles. The highest BCUT2D eigenvalue weighted by Crippen LogP contribution is 2.04. The van der Waals surface area contributed by atoms with Gasteiger partial charge < -0.3 is 19.7 Å². The van der Waals surface area contributed by atoms with Gasteiger partial charge in [0.1, 0.15) is 11.6 Å².